The molecule has 6 nitrogen and oxygen atoms in total. The SMILES string of the molecule is COC(=O)C(C)CN(C)C(=O)c1cccc(=O)[nH]1. The number of methoxy groups -OCH3 is 1. The van der Waals surface area contributed by atoms with Gasteiger partial charge in [0, 0.05) is 19.7 Å². The largest absolute Gasteiger partial charge is 0.469 e. The second-order valence-corrected chi connectivity index (χ2v) is 4.04. The maximum absolute atomic E-state index is 11.9. The second-order valence-electron chi connectivity index (χ2n) is 4.04. The summed E-state index contributed by atoms with van der Waals surface area (Å²) in [6.45, 7) is 1.89. The van der Waals surface area contributed by atoms with E-state index in [1.54, 1.807) is 14.0 Å². The first-order valence-corrected chi connectivity index (χ1v) is 5.48. The van der Waals surface area contributed by atoms with Crippen LogP contribution < -0.4 is 5.56 Å². The number of aromatic nitrogens is 1. The monoisotopic (exact) mass is 252 g/mol. The summed E-state index contributed by atoms with van der Waals surface area (Å²) < 4.78 is 4.58. The van der Waals surface area contributed by atoms with Crippen molar-refractivity contribution in [3.8, 4) is 0 Å². The van der Waals surface area contributed by atoms with Gasteiger partial charge in [-0.2, -0.15) is 0 Å². The summed E-state index contributed by atoms with van der Waals surface area (Å²) in [7, 11) is 2.86. The van der Waals surface area contributed by atoms with E-state index in [-0.39, 0.29) is 29.7 Å². The Kier molecular flexibility index (Phi) is 4.65. The van der Waals surface area contributed by atoms with Gasteiger partial charge in [-0.1, -0.05) is 13.0 Å². The molecule has 1 N–H and O–H groups in total. The van der Waals surface area contributed by atoms with Crippen LogP contribution in [0, 0.1) is 5.92 Å². The molecule has 18 heavy (non-hydrogen) atoms. The van der Waals surface area contributed by atoms with E-state index in [9.17, 15) is 14.4 Å². The summed E-state index contributed by atoms with van der Waals surface area (Å²) >= 11 is 0. The number of esters is 1. The van der Waals surface area contributed by atoms with Crippen molar-refractivity contribution in [2.24, 2.45) is 5.92 Å². The fourth-order valence-electron chi connectivity index (χ4n) is 1.55. The van der Waals surface area contributed by atoms with Crippen molar-refractivity contribution in [2.45, 2.75) is 6.92 Å². The zero-order chi connectivity index (χ0) is 13.7. The topological polar surface area (TPSA) is 79.5 Å². The van der Waals surface area contributed by atoms with Crippen LogP contribution in [0.25, 0.3) is 0 Å². The molecule has 0 radical (unpaired) electrons. The highest BCUT2D eigenvalue weighted by Gasteiger charge is 2.19. The van der Waals surface area contributed by atoms with Gasteiger partial charge in [-0.25, -0.2) is 0 Å². The van der Waals surface area contributed by atoms with E-state index in [1.807, 2.05) is 0 Å². The minimum atomic E-state index is -0.417. The number of H-pyrrole nitrogens is 1. The Bertz CT molecular complexity index is 495. The maximum atomic E-state index is 11.9. The molecule has 0 aliphatic heterocycles. The van der Waals surface area contributed by atoms with E-state index in [1.165, 1.54) is 30.2 Å². The first-order chi connectivity index (χ1) is 8.45. The minimum absolute atomic E-state index is 0.196. The fourth-order valence-corrected chi connectivity index (χ4v) is 1.55. The molecule has 0 aliphatic rings. The van der Waals surface area contributed by atoms with Gasteiger partial charge in [0.25, 0.3) is 5.91 Å². The van der Waals surface area contributed by atoms with Crippen molar-refractivity contribution in [1.82, 2.24) is 9.88 Å². The molecule has 98 valence electrons. The molecule has 0 spiro atoms. The van der Waals surface area contributed by atoms with E-state index in [4.69, 9.17) is 0 Å². The van der Waals surface area contributed by atoms with Gasteiger partial charge in [0.1, 0.15) is 5.69 Å². The molecule has 6 heteroatoms. The average Bonchev–Trinajstić information content (AvgIpc) is 2.36. The average molecular weight is 252 g/mol. The standard InChI is InChI=1S/C12H16N2O4/c1-8(12(17)18-3)7-14(2)11(16)9-5-4-6-10(15)13-9/h4-6,8H,7H2,1-3H3,(H,13,15). The number of carbonyl (C=O) groups excluding carboxylic acids is 2. The molecular formula is C12H16N2O4. The van der Waals surface area contributed by atoms with E-state index in [0.717, 1.165) is 0 Å². The van der Waals surface area contributed by atoms with Crippen LogP contribution in [0.1, 0.15) is 17.4 Å². The van der Waals surface area contributed by atoms with Crippen LogP contribution in [0.5, 0.6) is 0 Å². The van der Waals surface area contributed by atoms with Crippen molar-refractivity contribution < 1.29 is 14.3 Å². The zero-order valence-corrected chi connectivity index (χ0v) is 10.6. The number of ether oxygens (including phenoxy) is 1. The molecule has 1 rings (SSSR count). The normalized spacial score (nSPS) is 11.7. The van der Waals surface area contributed by atoms with Crippen molar-refractivity contribution in [2.75, 3.05) is 20.7 Å². The molecule has 1 atom stereocenters. The summed E-state index contributed by atoms with van der Waals surface area (Å²) in [4.78, 5) is 38.1. The number of hydrogen-bond donors (Lipinski definition) is 1. The number of hydrogen-bond acceptors (Lipinski definition) is 4. The number of nitrogens with zero attached hydrogens (tertiary/aromatic N) is 1. The summed E-state index contributed by atoms with van der Waals surface area (Å²) in [6.07, 6.45) is 0. The Balaban J connectivity index is 2.73. The van der Waals surface area contributed by atoms with Gasteiger partial charge in [-0.05, 0) is 6.07 Å². The number of aromatic amines is 1. The number of amides is 1. The number of rotatable bonds is 4. The van der Waals surface area contributed by atoms with Crippen molar-refractivity contribution in [3.05, 3.63) is 34.2 Å². The molecule has 0 aliphatic carbocycles. The Hall–Kier alpha value is -2.11. The maximum Gasteiger partial charge on any atom is 0.310 e. The third-order valence-electron chi connectivity index (χ3n) is 2.50. The van der Waals surface area contributed by atoms with Crippen molar-refractivity contribution in [1.29, 1.82) is 0 Å². The van der Waals surface area contributed by atoms with Gasteiger partial charge in [0.15, 0.2) is 0 Å². The Labute approximate surface area is 105 Å². The van der Waals surface area contributed by atoms with Gasteiger partial charge in [-0.15, -0.1) is 0 Å². The third kappa shape index (κ3) is 3.44. The second kappa shape index (κ2) is 6.00. The first-order valence-electron chi connectivity index (χ1n) is 5.48. The number of pyridine rings is 1. The number of nitrogens with one attached hydrogen (secondary N) is 1. The molecule has 1 unspecified atom stereocenters. The van der Waals surface area contributed by atoms with E-state index in [2.05, 4.69) is 9.72 Å². The molecule has 0 bridgehead atoms. The lowest BCUT2D eigenvalue weighted by Crippen LogP contribution is -2.35. The molecule has 1 aromatic heterocycles. The lowest BCUT2D eigenvalue weighted by atomic mass is 10.1. The predicted molar refractivity (Wildman–Crippen MR) is 65.2 cm³/mol. The van der Waals surface area contributed by atoms with Crippen LogP contribution in [0.2, 0.25) is 0 Å². The Morgan fingerprint density at radius 3 is 2.67 bits per heavy atom. The van der Waals surface area contributed by atoms with Gasteiger partial charge in [0.05, 0.1) is 13.0 Å². The molecule has 0 saturated heterocycles. The van der Waals surface area contributed by atoms with Crippen LogP contribution in [0.15, 0.2) is 23.0 Å². The predicted octanol–water partition coefficient (Wildman–Crippen LogP) is 0.256. The number of carbonyl (C=O) groups is 2. The van der Waals surface area contributed by atoms with Crippen molar-refractivity contribution in [3.63, 3.8) is 0 Å². The van der Waals surface area contributed by atoms with Crippen molar-refractivity contribution >= 4 is 11.9 Å². The van der Waals surface area contributed by atoms with Gasteiger partial charge >= 0.3 is 5.97 Å². The zero-order valence-electron chi connectivity index (χ0n) is 10.6. The van der Waals surface area contributed by atoms with Crippen LogP contribution >= 0.6 is 0 Å². The summed E-state index contributed by atoms with van der Waals surface area (Å²) in [5, 5.41) is 0. The highest BCUT2D eigenvalue weighted by molar-refractivity contribution is 5.92. The first kappa shape index (κ1) is 14.0. The molecule has 1 aromatic rings. The molecular weight excluding hydrogens is 236 g/mol. The summed E-state index contributed by atoms with van der Waals surface area (Å²) in [5.74, 6) is -1.14. The van der Waals surface area contributed by atoms with Crippen LogP contribution in [0.4, 0.5) is 0 Å². The van der Waals surface area contributed by atoms with Crippen LogP contribution in [-0.2, 0) is 9.53 Å². The van der Waals surface area contributed by atoms with Gasteiger partial charge in [0.2, 0.25) is 5.56 Å². The fraction of sp³-hybridized carbons (Fsp3) is 0.417. The van der Waals surface area contributed by atoms with Crippen LogP contribution in [-0.4, -0.2) is 42.5 Å². The van der Waals surface area contributed by atoms with Gasteiger partial charge in [-0.3, -0.25) is 14.4 Å². The quantitative estimate of drug-likeness (QED) is 0.779. The third-order valence-corrected chi connectivity index (χ3v) is 2.50. The Morgan fingerprint density at radius 1 is 1.44 bits per heavy atom. The van der Waals surface area contributed by atoms with Crippen LogP contribution in [0.3, 0.4) is 0 Å². The molecule has 1 heterocycles. The lowest BCUT2D eigenvalue weighted by molar-refractivity contribution is -0.145. The highest BCUT2D eigenvalue weighted by atomic mass is 16.5. The smallest absolute Gasteiger partial charge is 0.310 e. The summed E-state index contributed by atoms with van der Waals surface area (Å²) in [6, 6.07) is 4.35. The molecule has 0 aromatic carbocycles. The molecule has 1 amide bonds. The molecule has 0 fully saturated rings. The highest BCUT2D eigenvalue weighted by Crippen LogP contribution is 2.04. The van der Waals surface area contributed by atoms with E-state index < -0.39 is 5.92 Å². The lowest BCUT2D eigenvalue weighted by Gasteiger charge is -2.20. The molecule has 0 saturated carbocycles. The van der Waals surface area contributed by atoms with E-state index in [0.29, 0.717) is 0 Å². The minimum Gasteiger partial charge on any atom is -0.469 e. The van der Waals surface area contributed by atoms with E-state index >= 15 is 0 Å². The summed E-state index contributed by atoms with van der Waals surface area (Å²) in [5.41, 5.74) is -0.141. The van der Waals surface area contributed by atoms with Gasteiger partial charge < -0.3 is 14.6 Å². The Morgan fingerprint density at radius 2 is 2.11 bits per heavy atom.